The van der Waals surface area contributed by atoms with E-state index in [4.69, 9.17) is 5.73 Å². The molecule has 164 valence electrons. The molecule has 2 heterocycles. The maximum atomic E-state index is 13.0. The first-order valence-corrected chi connectivity index (χ1v) is 12.4. The number of carbonyl (C=O) groups excluding carboxylic acids is 1. The summed E-state index contributed by atoms with van der Waals surface area (Å²) in [7, 11) is 0. The van der Waals surface area contributed by atoms with Gasteiger partial charge in [-0.25, -0.2) is 0 Å². The smallest absolute Gasteiger partial charge is 0.238 e. The lowest BCUT2D eigenvalue weighted by Gasteiger charge is -2.26. The van der Waals surface area contributed by atoms with Crippen molar-refractivity contribution in [1.29, 1.82) is 5.26 Å². The second-order valence-corrected chi connectivity index (χ2v) is 10.2. The largest absolute Gasteiger partial charge is 0.399 e. The van der Waals surface area contributed by atoms with Crippen LogP contribution in [0.1, 0.15) is 34.9 Å². The summed E-state index contributed by atoms with van der Waals surface area (Å²) in [5, 5.41) is 13.3. The SMILES string of the molecule is CCC(Sc1ccc(N)cc1)C(=O)Nc1sc2c(c1C#N)CCN(Cc1ccccc1)C2. The van der Waals surface area contributed by atoms with Gasteiger partial charge in [-0.3, -0.25) is 9.69 Å². The second-order valence-electron chi connectivity index (χ2n) is 7.84. The molecule has 32 heavy (non-hydrogen) atoms. The lowest BCUT2D eigenvalue weighted by atomic mass is 10.0. The minimum Gasteiger partial charge on any atom is -0.399 e. The van der Waals surface area contributed by atoms with Crippen molar-refractivity contribution >= 4 is 39.7 Å². The van der Waals surface area contributed by atoms with Crippen LogP contribution in [0.15, 0.2) is 59.5 Å². The molecule has 0 bridgehead atoms. The quantitative estimate of drug-likeness (QED) is 0.369. The number of nitrogens with zero attached hydrogens (tertiary/aromatic N) is 2. The molecule has 0 radical (unpaired) electrons. The van der Waals surface area contributed by atoms with E-state index in [1.165, 1.54) is 22.2 Å². The van der Waals surface area contributed by atoms with E-state index in [1.54, 1.807) is 11.3 Å². The first-order valence-electron chi connectivity index (χ1n) is 10.7. The molecule has 1 atom stereocenters. The van der Waals surface area contributed by atoms with Gasteiger partial charge in [-0.05, 0) is 48.2 Å². The number of nitriles is 1. The van der Waals surface area contributed by atoms with Gasteiger partial charge in [0, 0.05) is 35.1 Å². The molecule has 1 aromatic heterocycles. The average molecular weight is 463 g/mol. The lowest BCUT2D eigenvalue weighted by Crippen LogP contribution is -2.29. The van der Waals surface area contributed by atoms with Crippen molar-refractivity contribution in [1.82, 2.24) is 4.90 Å². The Morgan fingerprint density at radius 2 is 2.00 bits per heavy atom. The minimum absolute atomic E-state index is 0.0643. The van der Waals surface area contributed by atoms with Gasteiger partial charge in [0.1, 0.15) is 11.1 Å². The number of hydrogen-bond donors (Lipinski definition) is 2. The van der Waals surface area contributed by atoms with E-state index < -0.39 is 0 Å². The molecule has 0 spiro atoms. The predicted molar refractivity (Wildman–Crippen MR) is 133 cm³/mol. The first kappa shape index (κ1) is 22.4. The zero-order valence-electron chi connectivity index (χ0n) is 18.0. The Kier molecular flexibility index (Phi) is 7.15. The van der Waals surface area contributed by atoms with Crippen LogP contribution in [-0.2, 0) is 24.3 Å². The highest BCUT2D eigenvalue weighted by molar-refractivity contribution is 8.00. The maximum Gasteiger partial charge on any atom is 0.238 e. The number of hydrogen-bond acceptors (Lipinski definition) is 6. The molecule has 2 aromatic carbocycles. The zero-order valence-corrected chi connectivity index (χ0v) is 19.6. The van der Waals surface area contributed by atoms with Crippen LogP contribution < -0.4 is 11.1 Å². The van der Waals surface area contributed by atoms with Gasteiger partial charge in [0.2, 0.25) is 5.91 Å². The van der Waals surface area contributed by atoms with E-state index >= 15 is 0 Å². The highest BCUT2D eigenvalue weighted by Crippen LogP contribution is 2.38. The normalized spacial score (nSPS) is 14.4. The molecule has 1 aliphatic heterocycles. The van der Waals surface area contributed by atoms with Gasteiger partial charge in [-0.15, -0.1) is 23.1 Å². The summed E-state index contributed by atoms with van der Waals surface area (Å²) in [6.07, 6.45) is 1.52. The van der Waals surface area contributed by atoms with Gasteiger partial charge in [0.05, 0.1) is 10.8 Å². The molecule has 1 unspecified atom stereocenters. The summed E-state index contributed by atoms with van der Waals surface area (Å²) in [6, 6.07) is 20.3. The van der Waals surface area contributed by atoms with Crippen molar-refractivity contribution in [2.45, 2.75) is 43.0 Å². The fourth-order valence-electron chi connectivity index (χ4n) is 3.86. The molecule has 0 saturated heterocycles. The predicted octanol–water partition coefficient (Wildman–Crippen LogP) is 5.27. The first-order chi connectivity index (χ1) is 15.6. The number of thiophene rings is 1. The Balaban J connectivity index is 1.46. The van der Waals surface area contributed by atoms with Crippen LogP contribution in [0.4, 0.5) is 10.7 Å². The number of anilines is 2. The summed E-state index contributed by atoms with van der Waals surface area (Å²) in [5.74, 6) is -0.0643. The van der Waals surface area contributed by atoms with Crippen LogP contribution >= 0.6 is 23.1 Å². The Morgan fingerprint density at radius 1 is 1.25 bits per heavy atom. The van der Waals surface area contributed by atoms with Crippen LogP contribution in [0.3, 0.4) is 0 Å². The number of thioether (sulfide) groups is 1. The summed E-state index contributed by atoms with van der Waals surface area (Å²) < 4.78 is 0. The van der Waals surface area contributed by atoms with E-state index in [0.29, 0.717) is 22.7 Å². The fourth-order valence-corrected chi connectivity index (χ4v) is 6.06. The number of fused-ring (bicyclic) bond motifs is 1. The van der Waals surface area contributed by atoms with Gasteiger partial charge in [0.15, 0.2) is 0 Å². The molecule has 5 nitrogen and oxygen atoms in total. The van der Waals surface area contributed by atoms with Crippen molar-refractivity contribution in [3.63, 3.8) is 0 Å². The molecule has 0 fully saturated rings. The van der Waals surface area contributed by atoms with Gasteiger partial charge in [-0.2, -0.15) is 5.26 Å². The van der Waals surface area contributed by atoms with E-state index in [1.807, 2.05) is 37.3 Å². The number of nitrogen functional groups attached to an aromatic ring is 1. The molecule has 1 amide bonds. The molecule has 3 N–H and O–H groups in total. The number of amides is 1. The molecule has 3 aromatic rings. The number of nitrogens with one attached hydrogen (secondary N) is 1. The van der Waals surface area contributed by atoms with Gasteiger partial charge >= 0.3 is 0 Å². The fraction of sp³-hybridized carbons (Fsp3) is 0.280. The minimum atomic E-state index is -0.237. The van der Waals surface area contributed by atoms with Crippen molar-refractivity contribution in [2.75, 3.05) is 17.6 Å². The van der Waals surface area contributed by atoms with Gasteiger partial charge < -0.3 is 11.1 Å². The third-order valence-electron chi connectivity index (χ3n) is 5.56. The summed E-state index contributed by atoms with van der Waals surface area (Å²) in [4.78, 5) is 17.6. The van der Waals surface area contributed by atoms with Crippen molar-refractivity contribution in [3.8, 4) is 6.07 Å². The Labute approximate surface area is 197 Å². The molecule has 7 heteroatoms. The van der Waals surface area contributed by atoms with E-state index in [0.717, 1.165) is 36.5 Å². The molecule has 0 saturated carbocycles. The average Bonchev–Trinajstić information content (AvgIpc) is 3.15. The number of nitrogens with two attached hydrogens (primary N) is 1. The highest BCUT2D eigenvalue weighted by Gasteiger charge is 2.27. The Hall–Kier alpha value is -2.79. The summed E-state index contributed by atoms with van der Waals surface area (Å²) in [6.45, 7) is 4.60. The van der Waals surface area contributed by atoms with Crippen LogP contribution in [0, 0.1) is 11.3 Å². The van der Waals surface area contributed by atoms with Gasteiger partial charge in [-0.1, -0.05) is 37.3 Å². The topological polar surface area (TPSA) is 82.1 Å². The molecule has 4 rings (SSSR count). The number of carbonyl (C=O) groups is 1. The van der Waals surface area contributed by atoms with Crippen LogP contribution in [0.2, 0.25) is 0 Å². The van der Waals surface area contributed by atoms with E-state index in [9.17, 15) is 10.1 Å². The highest BCUT2D eigenvalue weighted by atomic mass is 32.2. The number of rotatable bonds is 7. The molecule has 0 aliphatic carbocycles. The molecule has 1 aliphatic rings. The van der Waals surface area contributed by atoms with Crippen molar-refractivity contribution in [2.24, 2.45) is 0 Å². The summed E-state index contributed by atoms with van der Waals surface area (Å²) >= 11 is 3.06. The van der Waals surface area contributed by atoms with Crippen molar-refractivity contribution < 1.29 is 4.79 Å². The second kappa shape index (κ2) is 10.2. The van der Waals surface area contributed by atoms with Crippen molar-refractivity contribution in [3.05, 3.63) is 76.2 Å². The monoisotopic (exact) mass is 462 g/mol. The maximum absolute atomic E-state index is 13.0. The van der Waals surface area contributed by atoms with Gasteiger partial charge in [0.25, 0.3) is 0 Å². The van der Waals surface area contributed by atoms with E-state index in [-0.39, 0.29) is 11.2 Å². The summed E-state index contributed by atoms with van der Waals surface area (Å²) in [5.41, 5.74) is 9.48. The molecular weight excluding hydrogens is 436 g/mol. The third kappa shape index (κ3) is 5.16. The number of benzene rings is 2. The van der Waals surface area contributed by atoms with Crippen LogP contribution in [-0.4, -0.2) is 22.6 Å². The molecular formula is C25H26N4OS2. The Morgan fingerprint density at radius 3 is 2.69 bits per heavy atom. The van der Waals surface area contributed by atoms with Crippen LogP contribution in [0.25, 0.3) is 0 Å². The van der Waals surface area contributed by atoms with Crippen LogP contribution in [0.5, 0.6) is 0 Å². The third-order valence-corrected chi connectivity index (χ3v) is 8.06. The van der Waals surface area contributed by atoms with E-state index in [2.05, 4.69) is 40.6 Å². The Bertz CT molecular complexity index is 1120. The lowest BCUT2D eigenvalue weighted by molar-refractivity contribution is -0.115. The zero-order chi connectivity index (χ0) is 22.5. The standard InChI is InChI=1S/C25H26N4OS2/c1-2-22(31-19-10-8-18(27)9-11-19)24(30)28-25-21(14-26)20-12-13-29(16-23(20)32-25)15-17-6-4-3-5-7-17/h3-11,22H,2,12-13,15-16,27H2,1H3,(H,28,30).